The van der Waals surface area contributed by atoms with Crippen molar-refractivity contribution in [1.29, 1.82) is 0 Å². The van der Waals surface area contributed by atoms with Crippen LogP contribution in [-0.4, -0.2) is 25.0 Å². The predicted octanol–water partition coefficient (Wildman–Crippen LogP) is 7.58. The molecule has 4 aromatic rings. The maximum absolute atomic E-state index is 14.1. The van der Waals surface area contributed by atoms with Crippen molar-refractivity contribution in [3.05, 3.63) is 136 Å². The molecule has 2 atom stereocenters. The van der Waals surface area contributed by atoms with Gasteiger partial charge in [0.05, 0.1) is 16.6 Å². The second kappa shape index (κ2) is 11.4. The quantitative estimate of drug-likeness (QED) is 0.255. The van der Waals surface area contributed by atoms with Crippen LogP contribution in [-0.2, 0) is 10.0 Å². The maximum Gasteiger partial charge on any atom is 0.274 e. The van der Waals surface area contributed by atoms with Gasteiger partial charge in [-0.3, -0.25) is 9.52 Å². The third kappa shape index (κ3) is 5.69. The van der Waals surface area contributed by atoms with E-state index in [1.54, 1.807) is 41.4 Å². The number of halogens is 1. The van der Waals surface area contributed by atoms with Crippen LogP contribution in [0.15, 0.2) is 125 Å². The molecule has 0 unspecified atom stereocenters. The fraction of sp³-hybridized carbons (Fsp3) is 0.152. The van der Waals surface area contributed by atoms with Crippen molar-refractivity contribution in [3.63, 3.8) is 0 Å². The monoisotopic (exact) mass is 581 g/mol. The second-order valence-corrected chi connectivity index (χ2v) is 12.3. The highest BCUT2D eigenvalue weighted by Crippen LogP contribution is 2.45. The molecule has 1 fully saturated rings. The van der Waals surface area contributed by atoms with Crippen molar-refractivity contribution in [2.75, 3.05) is 4.72 Å². The Morgan fingerprint density at radius 3 is 2.34 bits per heavy atom. The number of nitrogens with one attached hydrogen (secondary N) is 1. The van der Waals surface area contributed by atoms with E-state index < -0.39 is 10.0 Å². The first-order chi connectivity index (χ1) is 19.9. The van der Waals surface area contributed by atoms with Gasteiger partial charge in [-0.15, -0.1) is 0 Å². The number of allylic oxidation sites excluding steroid dienone is 1. The third-order valence-corrected chi connectivity index (χ3v) is 9.11. The van der Waals surface area contributed by atoms with E-state index in [9.17, 15) is 13.2 Å². The zero-order valence-electron chi connectivity index (χ0n) is 22.2. The first-order valence-electron chi connectivity index (χ1n) is 13.5. The molecule has 1 aliphatic carbocycles. The van der Waals surface area contributed by atoms with Gasteiger partial charge in [-0.25, -0.2) is 13.4 Å². The van der Waals surface area contributed by atoms with Crippen molar-refractivity contribution >= 4 is 45.0 Å². The summed E-state index contributed by atoms with van der Waals surface area (Å²) >= 11 is 5.94. The Labute approximate surface area is 245 Å². The number of anilines is 1. The Balaban J connectivity index is 1.36. The van der Waals surface area contributed by atoms with E-state index in [1.807, 2.05) is 48.5 Å². The second-order valence-electron chi connectivity index (χ2n) is 10.2. The zero-order chi connectivity index (χ0) is 28.4. The summed E-state index contributed by atoms with van der Waals surface area (Å²) in [6.45, 7) is 0. The summed E-state index contributed by atoms with van der Waals surface area (Å²) in [7, 11) is -3.94. The SMILES string of the molecule is O=C(c1cccc(S(=O)(=O)Nc2ccc(Cl)cc2)c1)N1N=C2/C(=C\c3ccccc3)CCC[C@@H]2[C@H]1c1ccccc1. The Morgan fingerprint density at radius 2 is 1.61 bits per heavy atom. The Kier molecular flexibility index (Phi) is 7.47. The number of hydrogen-bond donors (Lipinski definition) is 1. The third-order valence-electron chi connectivity index (χ3n) is 7.48. The smallest absolute Gasteiger partial charge is 0.274 e. The van der Waals surface area contributed by atoms with Gasteiger partial charge in [0.1, 0.15) is 0 Å². The van der Waals surface area contributed by atoms with Crippen molar-refractivity contribution in [2.45, 2.75) is 30.2 Å². The highest BCUT2D eigenvalue weighted by atomic mass is 35.5. The van der Waals surface area contributed by atoms with Gasteiger partial charge >= 0.3 is 0 Å². The average molecular weight is 582 g/mol. The van der Waals surface area contributed by atoms with Gasteiger partial charge in [-0.2, -0.15) is 5.10 Å². The molecule has 1 N–H and O–H groups in total. The maximum atomic E-state index is 14.1. The molecule has 0 saturated heterocycles. The van der Waals surface area contributed by atoms with E-state index in [4.69, 9.17) is 16.7 Å². The summed E-state index contributed by atoms with van der Waals surface area (Å²) in [6, 6.07) is 32.3. The van der Waals surface area contributed by atoms with Crippen LogP contribution in [0, 0.1) is 5.92 Å². The van der Waals surface area contributed by atoms with Gasteiger partial charge in [-0.1, -0.05) is 78.3 Å². The number of carbonyl (C=O) groups excluding carboxylic acids is 1. The highest BCUT2D eigenvalue weighted by molar-refractivity contribution is 7.92. The summed E-state index contributed by atoms with van der Waals surface area (Å²) in [5.41, 5.74) is 4.78. The lowest BCUT2D eigenvalue weighted by atomic mass is 9.77. The molecule has 206 valence electrons. The Bertz CT molecular complexity index is 1740. The molecule has 8 heteroatoms. The molecule has 0 radical (unpaired) electrons. The molecule has 6 nitrogen and oxygen atoms in total. The lowest BCUT2D eigenvalue weighted by Crippen LogP contribution is -2.32. The van der Waals surface area contributed by atoms with Crippen LogP contribution in [0.3, 0.4) is 0 Å². The van der Waals surface area contributed by atoms with Gasteiger partial charge in [0, 0.05) is 22.2 Å². The van der Waals surface area contributed by atoms with E-state index in [0.29, 0.717) is 10.7 Å². The number of amides is 1. The zero-order valence-corrected chi connectivity index (χ0v) is 23.7. The first kappa shape index (κ1) is 27.0. The molecule has 0 spiro atoms. The Morgan fingerprint density at radius 1 is 0.902 bits per heavy atom. The van der Waals surface area contributed by atoms with E-state index in [1.165, 1.54) is 12.1 Å². The number of rotatable bonds is 6. The number of carbonyl (C=O) groups is 1. The van der Waals surface area contributed by atoms with Gasteiger partial charge in [0.25, 0.3) is 15.9 Å². The van der Waals surface area contributed by atoms with Crippen LogP contribution < -0.4 is 4.72 Å². The summed E-state index contributed by atoms with van der Waals surface area (Å²) in [5, 5.41) is 7.00. The fourth-order valence-electron chi connectivity index (χ4n) is 5.56. The van der Waals surface area contributed by atoms with Gasteiger partial charge in [0.2, 0.25) is 0 Å². The molecule has 1 heterocycles. The lowest BCUT2D eigenvalue weighted by molar-refractivity contribution is 0.0680. The highest BCUT2D eigenvalue weighted by Gasteiger charge is 2.44. The van der Waals surface area contributed by atoms with Crippen LogP contribution in [0.25, 0.3) is 6.08 Å². The summed E-state index contributed by atoms with van der Waals surface area (Å²) in [6.07, 6.45) is 4.96. The number of nitrogens with zero attached hydrogens (tertiary/aromatic N) is 2. The molecular weight excluding hydrogens is 554 g/mol. The minimum Gasteiger partial charge on any atom is -0.280 e. The van der Waals surface area contributed by atoms with Gasteiger partial charge in [-0.05, 0) is 84.5 Å². The molecule has 4 aromatic carbocycles. The number of fused-ring (bicyclic) bond motifs is 1. The fourth-order valence-corrected chi connectivity index (χ4v) is 6.79. The lowest BCUT2D eigenvalue weighted by Gasteiger charge is -2.29. The largest absolute Gasteiger partial charge is 0.280 e. The van der Waals surface area contributed by atoms with Crippen LogP contribution >= 0.6 is 11.6 Å². The number of sulfonamides is 1. The normalized spacial score (nSPS) is 19.5. The van der Waals surface area contributed by atoms with Crippen LogP contribution in [0.5, 0.6) is 0 Å². The molecule has 41 heavy (non-hydrogen) atoms. The molecular formula is C33H28ClN3O3S. The molecule has 0 bridgehead atoms. The summed E-state index contributed by atoms with van der Waals surface area (Å²) < 4.78 is 28.9. The summed E-state index contributed by atoms with van der Waals surface area (Å²) in [5.74, 6) is -0.299. The van der Waals surface area contributed by atoms with E-state index in [-0.39, 0.29) is 28.3 Å². The summed E-state index contributed by atoms with van der Waals surface area (Å²) in [4.78, 5) is 14.1. The molecule has 2 aliphatic rings. The van der Waals surface area contributed by atoms with E-state index in [0.717, 1.165) is 41.7 Å². The van der Waals surface area contributed by atoms with Gasteiger partial charge in [0.15, 0.2) is 0 Å². The van der Waals surface area contributed by atoms with Gasteiger partial charge < -0.3 is 0 Å². The van der Waals surface area contributed by atoms with E-state index >= 15 is 0 Å². The standard InChI is InChI=1S/C33H28ClN3O3S/c34-27-17-19-28(20-18-27)36-41(39,40)29-15-7-14-26(22-29)33(38)37-32(24-11-5-2-6-12-24)30-16-8-13-25(31(30)35-37)21-23-9-3-1-4-10-23/h1-7,9-12,14-15,17-22,30,32,36H,8,13,16H2/b25-21-/t30-,32+/m0/s1. The molecule has 1 aliphatic heterocycles. The van der Waals surface area contributed by atoms with Crippen molar-refractivity contribution in [1.82, 2.24) is 5.01 Å². The first-order valence-corrected chi connectivity index (χ1v) is 15.4. The Hall–Kier alpha value is -4.20. The van der Waals surface area contributed by atoms with Crippen molar-refractivity contribution in [2.24, 2.45) is 11.0 Å². The average Bonchev–Trinajstić information content (AvgIpc) is 3.40. The minimum absolute atomic E-state index is 0.0107. The van der Waals surface area contributed by atoms with Crippen LogP contribution in [0.1, 0.15) is 46.8 Å². The van der Waals surface area contributed by atoms with Crippen molar-refractivity contribution in [3.8, 4) is 0 Å². The van der Waals surface area contributed by atoms with Crippen LogP contribution in [0.4, 0.5) is 5.69 Å². The molecule has 1 saturated carbocycles. The number of hydrazone groups is 1. The topological polar surface area (TPSA) is 78.8 Å². The molecule has 1 amide bonds. The van der Waals surface area contributed by atoms with Crippen LogP contribution in [0.2, 0.25) is 5.02 Å². The number of hydrogen-bond acceptors (Lipinski definition) is 4. The number of benzene rings is 4. The minimum atomic E-state index is -3.94. The predicted molar refractivity (Wildman–Crippen MR) is 163 cm³/mol. The molecule has 6 rings (SSSR count). The van der Waals surface area contributed by atoms with E-state index in [2.05, 4.69) is 22.9 Å². The molecule has 0 aromatic heterocycles. The van der Waals surface area contributed by atoms with Crippen molar-refractivity contribution < 1.29 is 13.2 Å².